The van der Waals surface area contributed by atoms with Gasteiger partial charge in [0.05, 0.1) is 24.1 Å². The molecule has 0 saturated carbocycles. The average molecular weight is 326 g/mol. The molecule has 0 unspecified atom stereocenters. The van der Waals surface area contributed by atoms with Gasteiger partial charge in [0, 0.05) is 12.6 Å². The predicted molar refractivity (Wildman–Crippen MR) is 94.4 cm³/mol. The molecule has 1 atom stereocenters. The first kappa shape index (κ1) is 15.4. The first-order chi connectivity index (χ1) is 11.2. The van der Waals surface area contributed by atoms with E-state index in [-0.39, 0.29) is 11.2 Å². The molecular formula is C17H18N4OS. The van der Waals surface area contributed by atoms with Crippen molar-refractivity contribution >= 4 is 23.0 Å². The number of nitrogens with zero attached hydrogens (tertiary/aromatic N) is 3. The van der Waals surface area contributed by atoms with E-state index in [0.717, 1.165) is 22.7 Å². The average Bonchev–Trinajstić information content (AvgIpc) is 3.02. The van der Waals surface area contributed by atoms with Crippen LogP contribution < -0.4 is 10.5 Å². The zero-order valence-corrected chi connectivity index (χ0v) is 13.7. The van der Waals surface area contributed by atoms with Crippen LogP contribution in [0.4, 0.5) is 0 Å². The van der Waals surface area contributed by atoms with Crippen molar-refractivity contribution in [3.63, 3.8) is 0 Å². The second-order valence-corrected chi connectivity index (χ2v) is 5.58. The van der Waals surface area contributed by atoms with Gasteiger partial charge in [0.15, 0.2) is 5.11 Å². The van der Waals surface area contributed by atoms with Crippen molar-refractivity contribution in [2.24, 2.45) is 10.8 Å². The lowest BCUT2D eigenvalue weighted by Gasteiger charge is -2.22. The summed E-state index contributed by atoms with van der Waals surface area (Å²) >= 11 is 5.15. The smallest absolute Gasteiger partial charge is 0.187 e. The fourth-order valence-corrected chi connectivity index (χ4v) is 2.78. The molecule has 1 aromatic heterocycles. The molecule has 1 aromatic carbocycles. The summed E-state index contributed by atoms with van der Waals surface area (Å²) < 4.78 is 5.49. The maximum atomic E-state index is 5.85. The van der Waals surface area contributed by atoms with E-state index in [2.05, 4.69) is 10.1 Å². The summed E-state index contributed by atoms with van der Waals surface area (Å²) in [5, 5.41) is 6.51. The first-order valence-electron chi connectivity index (χ1n) is 7.49. The molecule has 0 fully saturated rings. The van der Waals surface area contributed by atoms with Crippen molar-refractivity contribution in [3.05, 3.63) is 59.9 Å². The highest BCUT2D eigenvalue weighted by Gasteiger charge is 2.30. The number of hydrazone groups is 1. The Hall–Kier alpha value is -2.47. The van der Waals surface area contributed by atoms with Gasteiger partial charge < -0.3 is 10.5 Å². The highest BCUT2D eigenvalue weighted by atomic mass is 32.1. The van der Waals surface area contributed by atoms with Crippen molar-refractivity contribution in [3.8, 4) is 5.75 Å². The molecule has 3 rings (SSSR count). The Morgan fingerprint density at radius 2 is 2.09 bits per heavy atom. The summed E-state index contributed by atoms with van der Waals surface area (Å²) in [6, 6.07) is 13.7. The third kappa shape index (κ3) is 3.32. The van der Waals surface area contributed by atoms with Crippen LogP contribution in [0.2, 0.25) is 0 Å². The second-order valence-electron chi connectivity index (χ2n) is 5.17. The maximum absolute atomic E-state index is 5.85. The van der Waals surface area contributed by atoms with Crippen LogP contribution in [0.15, 0.2) is 53.8 Å². The molecular weight excluding hydrogens is 308 g/mol. The van der Waals surface area contributed by atoms with Crippen LogP contribution in [0, 0.1) is 0 Å². The Bertz CT molecular complexity index is 715. The Morgan fingerprint density at radius 1 is 1.30 bits per heavy atom. The fraction of sp³-hybridized carbons (Fsp3) is 0.235. The standard InChI is InChI=1S/C17H18N4OS/c1-2-22-13-8-6-12(7-9-13)16-11-15(20-21(16)17(18)23)14-5-3-4-10-19-14/h3-10,16H,2,11H2,1H3,(H2,18,23)/t16-/m1/s1. The zero-order valence-electron chi connectivity index (χ0n) is 12.8. The first-order valence-corrected chi connectivity index (χ1v) is 7.90. The topological polar surface area (TPSA) is 63.7 Å². The second kappa shape index (κ2) is 6.75. The van der Waals surface area contributed by atoms with Crippen molar-refractivity contribution < 1.29 is 4.74 Å². The minimum absolute atomic E-state index is 0.0137. The highest BCUT2D eigenvalue weighted by Crippen LogP contribution is 2.32. The van der Waals surface area contributed by atoms with Crippen LogP contribution in [0.3, 0.4) is 0 Å². The summed E-state index contributed by atoms with van der Waals surface area (Å²) in [7, 11) is 0. The van der Waals surface area contributed by atoms with Crippen LogP contribution in [0.5, 0.6) is 5.75 Å². The van der Waals surface area contributed by atoms with Crippen LogP contribution in [-0.2, 0) is 0 Å². The van der Waals surface area contributed by atoms with Crippen LogP contribution in [0.25, 0.3) is 0 Å². The minimum atomic E-state index is -0.0137. The fourth-order valence-electron chi connectivity index (χ4n) is 2.61. The molecule has 2 heterocycles. The number of ether oxygens (including phenoxy) is 1. The van der Waals surface area contributed by atoms with Crippen LogP contribution in [-0.4, -0.2) is 27.4 Å². The van der Waals surface area contributed by atoms with Crippen molar-refractivity contribution in [1.29, 1.82) is 0 Å². The number of nitrogens with two attached hydrogens (primary N) is 1. The lowest BCUT2D eigenvalue weighted by Crippen LogP contribution is -2.31. The SMILES string of the molecule is CCOc1ccc([C@H]2CC(c3ccccn3)=NN2C(N)=S)cc1. The number of thiocarbonyl (C=S) groups is 1. The number of pyridine rings is 1. The van der Waals surface area contributed by atoms with Gasteiger partial charge in [-0.3, -0.25) is 4.98 Å². The Labute approximate surface area is 140 Å². The third-order valence-electron chi connectivity index (χ3n) is 3.67. The lowest BCUT2D eigenvalue weighted by molar-refractivity contribution is 0.339. The summed E-state index contributed by atoms with van der Waals surface area (Å²) in [6.45, 7) is 2.61. The molecule has 0 spiro atoms. The summed E-state index contributed by atoms with van der Waals surface area (Å²) in [5.74, 6) is 0.849. The molecule has 5 nitrogen and oxygen atoms in total. The van der Waals surface area contributed by atoms with E-state index in [1.54, 1.807) is 11.2 Å². The molecule has 6 heteroatoms. The van der Waals surface area contributed by atoms with Gasteiger partial charge in [0.25, 0.3) is 0 Å². The normalized spacial score (nSPS) is 17.0. The molecule has 118 valence electrons. The molecule has 2 N–H and O–H groups in total. The van der Waals surface area contributed by atoms with Gasteiger partial charge >= 0.3 is 0 Å². The Morgan fingerprint density at radius 3 is 2.70 bits per heavy atom. The summed E-state index contributed by atoms with van der Waals surface area (Å²) in [6.07, 6.45) is 2.47. The molecule has 1 aliphatic rings. The number of rotatable bonds is 4. The molecule has 23 heavy (non-hydrogen) atoms. The molecule has 0 radical (unpaired) electrons. The molecule has 2 aromatic rings. The van der Waals surface area contributed by atoms with Gasteiger partial charge in [-0.25, -0.2) is 5.01 Å². The molecule has 0 amide bonds. The predicted octanol–water partition coefficient (Wildman–Crippen LogP) is 2.88. The summed E-state index contributed by atoms with van der Waals surface area (Å²) in [5.41, 5.74) is 8.68. The van der Waals surface area contributed by atoms with E-state index < -0.39 is 0 Å². The van der Waals surface area contributed by atoms with Crippen LogP contribution >= 0.6 is 12.2 Å². The van der Waals surface area contributed by atoms with Crippen molar-refractivity contribution in [1.82, 2.24) is 9.99 Å². The number of aromatic nitrogens is 1. The van der Waals surface area contributed by atoms with Crippen LogP contribution in [0.1, 0.15) is 30.6 Å². The van der Waals surface area contributed by atoms with Gasteiger partial charge in [-0.2, -0.15) is 5.10 Å². The van der Waals surface area contributed by atoms with Crippen molar-refractivity contribution in [2.75, 3.05) is 6.61 Å². The van der Waals surface area contributed by atoms with E-state index in [1.165, 1.54) is 0 Å². The van der Waals surface area contributed by atoms with E-state index in [1.807, 2.05) is 49.4 Å². The lowest BCUT2D eigenvalue weighted by atomic mass is 10.0. The number of benzene rings is 1. The Balaban J connectivity index is 1.86. The highest BCUT2D eigenvalue weighted by molar-refractivity contribution is 7.80. The van der Waals surface area contributed by atoms with Gasteiger partial charge in [-0.05, 0) is 49.0 Å². The maximum Gasteiger partial charge on any atom is 0.187 e. The molecule has 0 bridgehead atoms. The number of hydrogen-bond donors (Lipinski definition) is 1. The molecule has 0 saturated heterocycles. The monoisotopic (exact) mass is 326 g/mol. The largest absolute Gasteiger partial charge is 0.494 e. The third-order valence-corrected chi connectivity index (χ3v) is 3.86. The van der Waals surface area contributed by atoms with E-state index in [0.29, 0.717) is 13.0 Å². The zero-order chi connectivity index (χ0) is 16.2. The Kier molecular flexibility index (Phi) is 4.52. The van der Waals surface area contributed by atoms with Gasteiger partial charge in [-0.1, -0.05) is 18.2 Å². The van der Waals surface area contributed by atoms with Crippen molar-refractivity contribution in [2.45, 2.75) is 19.4 Å². The number of hydrogen-bond acceptors (Lipinski definition) is 4. The quantitative estimate of drug-likeness (QED) is 0.875. The molecule has 0 aliphatic carbocycles. The summed E-state index contributed by atoms with van der Waals surface area (Å²) in [4.78, 5) is 4.36. The van der Waals surface area contributed by atoms with Gasteiger partial charge in [0.2, 0.25) is 0 Å². The van der Waals surface area contributed by atoms with E-state index in [4.69, 9.17) is 22.7 Å². The van der Waals surface area contributed by atoms with E-state index >= 15 is 0 Å². The van der Waals surface area contributed by atoms with E-state index in [9.17, 15) is 0 Å². The van der Waals surface area contributed by atoms with Gasteiger partial charge in [-0.15, -0.1) is 0 Å². The molecule has 1 aliphatic heterocycles. The minimum Gasteiger partial charge on any atom is -0.494 e. The van der Waals surface area contributed by atoms with Gasteiger partial charge in [0.1, 0.15) is 5.75 Å².